The minimum atomic E-state index is -0.827. The van der Waals surface area contributed by atoms with Gasteiger partial charge < -0.3 is 14.8 Å². The summed E-state index contributed by atoms with van der Waals surface area (Å²) < 4.78 is 11.4. The zero-order valence-electron chi connectivity index (χ0n) is 18.5. The van der Waals surface area contributed by atoms with E-state index in [1.165, 1.54) is 6.42 Å². The average Bonchev–Trinajstić information content (AvgIpc) is 2.61. The van der Waals surface area contributed by atoms with E-state index < -0.39 is 5.60 Å². The summed E-state index contributed by atoms with van der Waals surface area (Å²) in [4.78, 5) is 15.1. The molecule has 1 heterocycles. The third-order valence-corrected chi connectivity index (χ3v) is 5.46. The van der Waals surface area contributed by atoms with E-state index in [-0.39, 0.29) is 5.91 Å². The van der Waals surface area contributed by atoms with Gasteiger partial charge in [0.05, 0.1) is 0 Å². The van der Waals surface area contributed by atoms with Gasteiger partial charge in [0.25, 0.3) is 5.91 Å². The Balaban J connectivity index is 1.82. The molecule has 1 amide bonds. The Labute approximate surface area is 170 Å². The van der Waals surface area contributed by atoms with Gasteiger partial charge in [-0.05, 0) is 61.8 Å². The smallest absolute Gasteiger partial charge is 0.256 e. The van der Waals surface area contributed by atoms with Gasteiger partial charge in [0.2, 0.25) is 0 Å². The molecule has 0 spiro atoms. The standard InChI is InChI=1S/C23H38N2O3/c1-17(2)14-23(5,27-6)22(26)24-20-7-9-21(10-8-20)28-12-11-25-15-18(3)13-19(4)16-25/h7-10,17-19H,11-16H2,1-6H3,(H,24,26)/t18-,19-,23-/m1/s1. The number of hydrogen-bond acceptors (Lipinski definition) is 4. The first-order chi connectivity index (χ1) is 13.2. The molecule has 158 valence electrons. The SMILES string of the molecule is CO[C@](C)(CC(C)C)C(=O)Nc1ccc(OCCN2C[C@H](C)C[C@@H](C)C2)cc1. The van der Waals surface area contributed by atoms with Crippen LogP contribution in [0.5, 0.6) is 5.75 Å². The summed E-state index contributed by atoms with van der Waals surface area (Å²) in [6.07, 6.45) is 1.99. The second-order valence-electron chi connectivity index (χ2n) is 9.07. The topological polar surface area (TPSA) is 50.8 Å². The molecule has 1 aliphatic rings. The number of methoxy groups -OCH3 is 1. The number of carbonyl (C=O) groups excluding carboxylic acids is 1. The van der Waals surface area contributed by atoms with Crippen LogP contribution in [0.25, 0.3) is 0 Å². The second-order valence-corrected chi connectivity index (χ2v) is 9.07. The molecular formula is C23H38N2O3. The monoisotopic (exact) mass is 390 g/mol. The number of rotatable bonds is 9. The van der Waals surface area contributed by atoms with Crippen molar-refractivity contribution in [3.05, 3.63) is 24.3 Å². The van der Waals surface area contributed by atoms with Crippen molar-refractivity contribution >= 4 is 11.6 Å². The number of anilines is 1. The highest BCUT2D eigenvalue weighted by molar-refractivity contribution is 5.97. The summed E-state index contributed by atoms with van der Waals surface area (Å²) in [5.74, 6) is 2.61. The molecule has 1 fully saturated rings. The summed E-state index contributed by atoms with van der Waals surface area (Å²) in [5, 5.41) is 2.96. The lowest BCUT2D eigenvalue weighted by Crippen LogP contribution is -2.43. The maximum Gasteiger partial charge on any atom is 0.256 e. The van der Waals surface area contributed by atoms with Gasteiger partial charge in [-0.25, -0.2) is 0 Å². The van der Waals surface area contributed by atoms with Crippen LogP contribution in [-0.4, -0.2) is 49.8 Å². The number of amides is 1. The van der Waals surface area contributed by atoms with Gasteiger partial charge in [0.15, 0.2) is 0 Å². The fourth-order valence-corrected chi connectivity index (χ4v) is 4.21. The van der Waals surface area contributed by atoms with Gasteiger partial charge in [-0.1, -0.05) is 27.7 Å². The van der Waals surface area contributed by atoms with Gasteiger partial charge in [0.1, 0.15) is 18.0 Å². The molecule has 0 bridgehead atoms. The molecule has 1 aromatic rings. The molecule has 0 aliphatic carbocycles. The van der Waals surface area contributed by atoms with Crippen LogP contribution in [0, 0.1) is 17.8 Å². The number of ether oxygens (including phenoxy) is 2. The molecule has 0 radical (unpaired) electrons. The fraction of sp³-hybridized carbons (Fsp3) is 0.696. The first-order valence-electron chi connectivity index (χ1n) is 10.5. The van der Waals surface area contributed by atoms with Gasteiger partial charge in [-0.2, -0.15) is 0 Å². The average molecular weight is 391 g/mol. The van der Waals surface area contributed by atoms with Crippen molar-refractivity contribution in [1.29, 1.82) is 0 Å². The van der Waals surface area contributed by atoms with Crippen LogP contribution in [-0.2, 0) is 9.53 Å². The lowest BCUT2D eigenvalue weighted by atomic mass is 9.92. The third-order valence-electron chi connectivity index (χ3n) is 5.46. The molecule has 1 aliphatic heterocycles. The Morgan fingerprint density at radius 3 is 2.36 bits per heavy atom. The number of nitrogens with one attached hydrogen (secondary N) is 1. The molecule has 5 nitrogen and oxygen atoms in total. The Bertz CT molecular complexity index is 607. The first kappa shape index (κ1) is 22.7. The highest BCUT2D eigenvalue weighted by atomic mass is 16.5. The number of benzene rings is 1. The third kappa shape index (κ3) is 6.78. The van der Waals surface area contributed by atoms with Crippen LogP contribution in [0.2, 0.25) is 0 Å². The predicted molar refractivity (Wildman–Crippen MR) is 115 cm³/mol. The normalized spacial score (nSPS) is 22.7. The molecule has 0 unspecified atom stereocenters. The summed E-state index contributed by atoms with van der Waals surface area (Å²) in [6.45, 7) is 14.6. The lowest BCUT2D eigenvalue weighted by molar-refractivity contribution is -0.137. The zero-order chi connectivity index (χ0) is 20.7. The van der Waals surface area contributed by atoms with E-state index in [2.05, 4.69) is 37.9 Å². The predicted octanol–water partition coefficient (Wildman–Crippen LogP) is 4.43. The Morgan fingerprint density at radius 2 is 1.82 bits per heavy atom. The number of nitrogens with zero attached hydrogens (tertiary/aromatic N) is 1. The van der Waals surface area contributed by atoms with Crippen molar-refractivity contribution in [3.8, 4) is 5.75 Å². The van der Waals surface area contributed by atoms with Crippen molar-refractivity contribution in [2.24, 2.45) is 17.8 Å². The van der Waals surface area contributed by atoms with Gasteiger partial charge in [-0.3, -0.25) is 9.69 Å². The molecule has 0 saturated carbocycles. The van der Waals surface area contributed by atoms with Crippen molar-refractivity contribution in [1.82, 2.24) is 4.90 Å². The van der Waals surface area contributed by atoms with E-state index >= 15 is 0 Å². The van der Waals surface area contributed by atoms with Crippen molar-refractivity contribution in [3.63, 3.8) is 0 Å². The summed E-state index contributed by atoms with van der Waals surface area (Å²) in [7, 11) is 1.59. The maximum absolute atomic E-state index is 12.6. The summed E-state index contributed by atoms with van der Waals surface area (Å²) in [6, 6.07) is 7.57. The number of likely N-dealkylation sites (tertiary alicyclic amines) is 1. The van der Waals surface area contributed by atoms with Crippen molar-refractivity contribution in [2.45, 2.75) is 53.1 Å². The Kier molecular flexibility index (Phi) is 8.32. The van der Waals surface area contributed by atoms with E-state index in [9.17, 15) is 4.79 Å². The fourth-order valence-electron chi connectivity index (χ4n) is 4.21. The maximum atomic E-state index is 12.6. The number of carbonyl (C=O) groups is 1. The molecule has 0 aromatic heterocycles. The molecule has 3 atom stereocenters. The van der Waals surface area contributed by atoms with Crippen LogP contribution < -0.4 is 10.1 Å². The van der Waals surface area contributed by atoms with E-state index in [0.717, 1.165) is 42.9 Å². The molecule has 1 N–H and O–H groups in total. The Hall–Kier alpha value is -1.59. The molecule has 28 heavy (non-hydrogen) atoms. The van der Waals surface area contributed by atoms with Crippen molar-refractivity contribution in [2.75, 3.05) is 38.7 Å². The van der Waals surface area contributed by atoms with E-state index in [1.807, 2.05) is 31.2 Å². The van der Waals surface area contributed by atoms with Crippen molar-refractivity contribution < 1.29 is 14.3 Å². The van der Waals surface area contributed by atoms with Gasteiger partial charge in [-0.15, -0.1) is 0 Å². The van der Waals surface area contributed by atoms with Crippen LogP contribution in [0.4, 0.5) is 5.69 Å². The minimum absolute atomic E-state index is 0.120. The number of piperidine rings is 1. The van der Waals surface area contributed by atoms with Crippen LogP contribution in [0.15, 0.2) is 24.3 Å². The molecule has 1 saturated heterocycles. The van der Waals surface area contributed by atoms with Gasteiger partial charge in [0, 0.05) is 32.4 Å². The largest absolute Gasteiger partial charge is 0.492 e. The minimum Gasteiger partial charge on any atom is -0.492 e. The van der Waals surface area contributed by atoms with E-state index in [4.69, 9.17) is 9.47 Å². The highest BCUT2D eigenvalue weighted by Crippen LogP contribution is 2.24. The Morgan fingerprint density at radius 1 is 1.21 bits per heavy atom. The lowest BCUT2D eigenvalue weighted by Gasteiger charge is -2.34. The number of hydrogen-bond donors (Lipinski definition) is 1. The first-order valence-corrected chi connectivity index (χ1v) is 10.5. The van der Waals surface area contributed by atoms with Gasteiger partial charge >= 0.3 is 0 Å². The molecule has 5 heteroatoms. The quantitative estimate of drug-likeness (QED) is 0.677. The highest BCUT2D eigenvalue weighted by Gasteiger charge is 2.33. The summed E-state index contributed by atoms with van der Waals surface area (Å²) >= 11 is 0. The van der Waals surface area contributed by atoms with Crippen LogP contribution in [0.3, 0.4) is 0 Å². The molecule has 1 aromatic carbocycles. The van der Waals surface area contributed by atoms with Crippen LogP contribution >= 0.6 is 0 Å². The van der Waals surface area contributed by atoms with Crippen LogP contribution in [0.1, 0.15) is 47.5 Å². The second kappa shape index (κ2) is 10.3. The summed E-state index contributed by atoms with van der Waals surface area (Å²) in [5.41, 5.74) is -0.0745. The van der Waals surface area contributed by atoms with E-state index in [0.29, 0.717) is 18.9 Å². The van der Waals surface area contributed by atoms with E-state index in [1.54, 1.807) is 7.11 Å². The molecule has 2 rings (SSSR count). The molecular weight excluding hydrogens is 352 g/mol. The zero-order valence-corrected chi connectivity index (χ0v) is 18.5.